The maximum atomic E-state index is 12.8. The van der Waals surface area contributed by atoms with Crippen LogP contribution < -0.4 is 5.32 Å². The molecule has 1 amide bonds. The van der Waals surface area contributed by atoms with E-state index in [9.17, 15) is 9.59 Å². The van der Waals surface area contributed by atoms with Crippen LogP contribution in [0.1, 0.15) is 39.0 Å². The van der Waals surface area contributed by atoms with Gasteiger partial charge in [-0.3, -0.25) is 9.59 Å². The van der Waals surface area contributed by atoms with Crippen LogP contribution >= 0.6 is 0 Å². The topological polar surface area (TPSA) is 46.2 Å². The number of amides is 1. The molecular formula is C18H17NO2. The molecule has 1 aliphatic heterocycles. The average molecular weight is 279 g/mol. The second-order valence-electron chi connectivity index (χ2n) is 5.52. The molecule has 0 spiro atoms. The van der Waals surface area contributed by atoms with Crippen molar-refractivity contribution >= 4 is 17.4 Å². The molecule has 0 unspecified atom stereocenters. The lowest BCUT2D eigenvalue weighted by Crippen LogP contribution is -2.19. The van der Waals surface area contributed by atoms with Gasteiger partial charge in [0.1, 0.15) is 0 Å². The number of fused-ring (bicyclic) bond motifs is 1. The number of ketones is 1. The summed E-state index contributed by atoms with van der Waals surface area (Å²) < 4.78 is 0. The van der Waals surface area contributed by atoms with E-state index in [0.717, 1.165) is 27.9 Å². The fraction of sp³-hybridized carbons (Fsp3) is 0.222. The highest BCUT2D eigenvalue weighted by molar-refractivity contribution is 6.11. The lowest BCUT2D eigenvalue weighted by atomic mass is 9.92. The highest BCUT2D eigenvalue weighted by Crippen LogP contribution is 2.26. The average Bonchev–Trinajstić information content (AvgIpc) is 2.46. The smallest absolute Gasteiger partial charge is 0.224 e. The Morgan fingerprint density at radius 2 is 1.76 bits per heavy atom. The molecule has 0 aromatic heterocycles. The Morgan fingerprint density at radius 1 is 1.05 bits per heavy atom. The number of hydrogen-bond donors (Lipinski definition) is 1. The summed E-state index contributed by atoms with van der Waals surface area (Å²) in [6.07, 6.45) is 1.17. The minimum atomic E-state index is 0.0383. The number of benzene rings is 2. The van der Waals surface area contributed by atoms with Gasteiger partial charge < -0.3 is 5.32 Å². The largest absolute Gasteiger partial charge is 0.326 e. The first-order valence-electron chi connectivity index (χ1n) is 7.10. The summed E-state index contributed by atoms with van der Waals surface area (Å²) in [5.41, 5.74) is 5.30. The standard InChI is InChI=1S/C18H17NO2/c1-11-4-3-5-12(2)17(11)18(21)14-6-8-15-13(10-14)7-9-16(20)19-15/h3-6,8,10H,7,9H2,1-2H3,(H,19,20). The molecule has 0 radical (unpaired) electrons. The van der Waals surface area contributed by atoms with Crippen molar-refractivity contribution in [2.45, 2.75) is 26.7 Å². The van der Waals surface area contributed by atoms with Gasteiger partial charge in [0.25, 0.3) is 0 Å². The van der Waals surface area contributed by atoms with E-state index < -0.39 is 0 Å². The van der Waals surface area contributed by atoms with Crippen molar-refractivity contribution in [3.05, 3.63) is 64.2 Å². The first-order valence-corrected chi connectivity index (χ1v) is 7.10. The van der Waals surface area contributed by atoms with E-state index in [4.69, 9.17) is 0 Å². The van der Waals surface area contributed by atoms with Crippen LogP contribution in [-0.2, 0) is 11.2 Å². The molecule has 21 heavy (non-hydrogen) atoms. The lowest BCUT2D eigenvalue weighted by Gasteiger charge is -2.17. The molecule has 2 aromatic carbocycles. The van der Waals surface area contributed by atoms with Gasteiger partial charge in [-0.1, -0.05) is 18.2 Å². The molecule has 3 rings (SSSR count). The number of aryl methyl sites for hydroxylation is 3. The van der Waals surface area contributed by atoms with Crippen LogP contribution in [0.25, 0.3) is 0 Å². The summed E-state index contributed by atoms with van der Waals surface area (Å²) in [6.45, 7) is 3.91. The quantitative estimate of drug-likeness (QED) is 0.856. The first-order chi connectivity index (χ1) is 10.1. The van der Waals surface area contributed by atoms with Gasteiger partial charge in [0.05, 0.1) is 0 Å². The molecule has 106 valence electrons. The zero-order chi connectivity index (χ0) is 15.0. The third-order valence-electron chi connectivity index (χ3n) is 3.97. The van der Waals surface area contributed by atoms with Gasteiger partial charge in [-0.2, -0.15) is 0 Å². The van der Waals surface area contributed by atoms with E-state index in [1.165, 1.54) is 0 Å². The van der Waals surface area contributed by atoms with Gasteiger partial charge in [0.15, 0.2) is 5.78 Å². The molecule has 3 nitrogen and oxygen atoms in total. The van der Waals surface area contributed by atoms with Crippen molar-refractivity contribution in [1.82, 2.24) is 0 Å². The summed E-state index contributed by atoms with van der Waals surface area (Å²) in [6, 6.07) is 11.4. The number of nitrogens with one attached hydrogen (secondary N) is 1. The van der Waals surface area contributed by atoms with Gasteiger partial charge in [-0.25, -0.2) is 0 Å². The molecule has 3 heteroatoms. The van der Waals surface area contributed by atoms with Crippen LogP contribution in [0.2, 0.25) is 0 Å². The van der Waals surface area contributed by atoms with Crippen molar-refractivity contribution < 1.29 is 9.59 Å². The van der Waals surface area contributed by atoms with Crippen LogP contribution in [0.5, 0.6) is 0 Å². The molecule has 1 aliphatic rings. The minimum Gasteiger partial charge on any atom is -0.326 e. The fourth-order valence-corrected chi connectivity index (χ4v) is 2.84. The zero-order valence-electron chi connectivity index (χ0n) is 12.2. The monoisotopic (exact) mass is 279 g/mol. The molecule has 1 N–H and O–H groups in total. The lowest BCUT2D eigenvalue weighted by molar-refractivity contribution is -0.116. The van der Waals surface area contributed by atoms with E-state index in [0.29, 0.717) is 18.4 Å². The molecule has 0 aliphatic carbocycles. The number of carbonyl (C=O) groups is 2. The van der Waals surface area contributed by atoms with E-state index >= 15 is 0 Å². The SMILES string of the molecule is Cc1cccc(C)c1C(=O)c1ccc2c(c1)CCC(=O)N2. The molecule has 1 heterocycles. The van der Waals surface area contributed by atoms with Crippen molar-refractivity contribution in [2.75, 3.05) is 5.32 Å². The molecule has 2 aromatic rings. The van der Waals surface area contributed by atoms with Gasteiger partial charge in [0, 0.05) is 23.2 Å². The fourth-order valence-electron chi connectivity index (χ4n) is 2.84. The number of rotatable bonds is 2. The Kier molecular flexibility index (Phi) is 3.34. The van der Waals surface area contributed by atoms with Crippen LogP contribution in [-0.4, -0.2) is 11.7 Å². The summed E-state index contributed by atoms with van der Waals surface area (Å²) >= 11 is 0. The Bertz CT molecular complexity index is 727. The van der Waals surface area contributed by atoms with Crippen molar-refractivity contribution in [3.63, 3.8) is 0 Å². The Balaban J connectivity index is 2.01. The predicted molar refractivity (Wildman–Crippen MR) is 82.7 cm³/mol. The van der Waals surface area contributed by atoms with E-state index in [-0.39, 0.29) is 11.7 Å². The third-order valence-corrected chi connectivity index (χ3v) is 3.97. The van der Waals surface area contributed by atoms with Crippen molar-refractivity contribution in [1.29, 1.82) is 0 Å². The molecule has 0 atom stereocenters. The van der Waals surface area contributed by atoms with Gasteiger partial charge in [0.2, 0.25) is 5.91 Å². The van der Waals surface area contributed by atoms with Crippen molar-refractivity contribution in [2.24, 2.45) is 0 Å². The van der Waals surface area contributed by atoms with Crippen LogP contribution in [0.3, 0.4) is 0 Å². The number of hydrogen-bond acceptors (Lipinski definition) is 2. The van der Waals surface area contributed by atoms with E-state index in [1.54, 1.807) is 6.07 Å². The Labute approximate surface area is 124 Å². The maximum absolute atomic E-state index is 12.8. The summed E-state index contributed by atoms with van der Waals surface area (Å²) in [4.78, 5) is 24.1. The second-order valence-corrected chi connectivity index (χ2v) is 5.52. The summed E-state index contributed by atoms with van der Waals surface area (Å²) in [5, 5.41) is 2.84. The van der Waals surface area contributed by atoms with Gasteiger partial charge in [-0.05, 0) is 55.2 Å². The Morgan fingerprint density at radius 3 is 2.48 bits per heavy atom. The summed E-state index contributed by atoms with van der Waals surface area (Å²) in [7, 11) is 0. The van der Waals surface area contributed by atoms with Crippen LogP contribution in [0.4, 0.5) is 5.69 Å². The maximum Gasteiger partial charge on any atom is 0.224 e. The highest BCUT2D eigenvalue weighted by atomic mass is 16.1. The zero-order valence-corrected chi connectivity index (χ0v) is 12.2. The molecule has 0 fully saturated rings. The van der Waals surface area contributed by atoms with Gasteiger partial charge >= 0.3 is 0 Å². The third kappa shape index (κ3) is 2.47. The number of anilines is 1. The molecule has 0 bridgehead atoms. The minimum absolute atomic E-state index is 0.0383. The molecular weight excluding hydrogens is 262 g/mol. The van der Waals surface area contributed by atoms with Crippen molar-refractivity contribution in [3.8, 4) is 0 Å². The summed E-state index contributed by atoms with van der Waals surface area (Å²) in [5.74, 6) is 0.0848. The van der Waals surface area contributed by atoms with E-state index in [2.05, 4.69) is 5.32 Å². The first kappa shape index (κ1) is 13.6. The van der Waals surface area contributed by atoms with E-state index in [1.807, 2.05) is 44.2 Å². The second kappa shape index (κ2) is 5.17. The number of carbonyl (C=O) groups excluding carboxylic acids is 2. The molecule has 0 saturated heterocycles. The van der Waals surface area contributed by atoms with Gasteiger partial charge in [-0.15, -0.1) is 0 Å². The molecule has 0 saturated carbocycles. The van der Waals surface area contributed by atoms with Crippen LogP contribution in [0.15, 0.2) is 36.4 Å². The van der Waals surface area contributed by atoms with Crippen LogP contribution in [0, 0.1) is 13.8 Å². The highest BCUT2D eigenvalue weighted by Gasteiger charge is 2.19. The predicted octanol–water partition coefficient (Wildman–Crippen LogP) is 3.42. The normalized spacial score (nSPS) is 13.5. The Hall–Kier alpha value is -2.42.